The Morgan fingerprint density at radius 2 is 2.07 bits per heavy atom. The second-order valence-corrected chi connectivity index (χ2v) is 7.87. The van der Waals surface area contributed by atoms with Crippen LogP contribution in [-0.4, -0.2) is 75.6 Å². The van der Waals surface area contributed by atoms with Crippen LogP contribution in [0, 0.1) is 5.92 Å². The molecule has 1 aliphatic heterocycles. The number of hydrogen-bond donors (Lipinski definition) is 4. The van der Waals surface area contributed by atoms with E-state index < -0.39 is 30.2 Å². The van der Waals surface area contributed by atoms with Crippen molar-refractivity contribution in [3.8, 4) is 5.69 Å². The Kier molecular flexibility index (Phi) is 6.00. The van der Waals surface area contributed by atoms with Gasteiger partial charge in [0, 0.05) is 31.7 Å². The quantitative estimate of drug-likeness (QED) is 0.368. The summed E-state index contributed by atoms with van der Waals surface area (Å²) in [4.78, 5) is 14.8. The molecule has 0 bridgehead atoms. The van der Waals surface area contributed by atoms with Gasteiger partial charge in [0.25, 0.3) is 0 Å². The van der Waals surface area contributed by atoms with E-state index >= 15 is 0 Å². The molecule has 1 amide bonds. The highest BCUT2D eigenvalue weighted by molar-refractivity contribution is 7.80. The Balaban J connectivity index is 1.62. The zero-order valence-electron chi connectivity index (χ0n) is 16.5. The van der Waals surface area contributed by atoms with E-state index in [1.165, 1.54) is 0 Å². The van der Waals surface area contributed by atoms with Gasteiger partial charge in [0.1, 0.15) is 6.10 Å². The van der Waals surface area contributed by atoms with Gasteiger partial charge in [-0.25, -0.2) is 4.68 Å². The minimum atomic E-state index is -1.02. The normalized spacial score (nSPS) is 28.2. The van der Waals surface area contributed by atoms with Crippen molar-refractivity contribution < 1.29 is 19.7 Å². The van der Waals surface area contributed by atoms with Crippen LogP contribution in [0.2, 0.25) is 0 Å². The number of benzene rings is 1. The maximum absolute atomic E-state index is 12.9. The summed E-state index contributed by atoms with van der Waals surface area (Å²) in [5.41, 5.74) is 1.69. The van der Waals surface area contributed by atoms with Gasteiger partial charge >= 0.3 is 0 Å². The highest BCUT2D eigenvalue weighted by Gasteiger charge is 2.53. The Hall–Kier alpha value is -2.53. The molecule has 0 unspecified atom stereocenters. The number of fused-ring (bicyclic) bond motifs is 1. The van der Waals surface area contributed by atoms with Crippen LogP contribution in [0.15, 0.2) is 42.7 Å². The monoisotopic (exact) mass is 431 g/mol. The lowest BCUT2D eigenvalue weighted by Crippen LogP contribution is -2.61. The zero-order valence-corrected chi connectivity index (χ0v) is 17.3. The van der Waals surface area contributed by atoms with Crippen molar-refractivity contribution in [1.82, 2.24) is 20.4 Å². The minimum absolute atomic E-state index is 0.146. The van der Waals surface area contributed by atoms with Crippen LogP contribution < -0.4 is 15.5 Å². The molecule has 1 aromatic heterocycles. The van der Waals surface area contributed by atoms with Gasteiger partial charge in [0.2, 0.25) is 5.91 Å². The van der Waals surface area contributed by atoms with E-state index in [0.717, 1.165) is 11.4 Å². The number of aliphatic hydroxyl groups is 2. The third-order valence-electron chi connectivity index (χ3n) is 5.68. The largest absolute Gasteiger partial charge is 0.390 e. The fourth-order valence-electron chi connectivity index (χ4n) is 4.24. The Morgan fingerprint density at radius 1 is 1.33 bits per heavy atom. The summed E-state index contributed by atoms with van der Waals surface area (Å²) in [6, 6.07) is 8.52. The number of aromatic nitrogens is 2. The second-order valence-electron chi connectivity index (χ2n) is 7.49. The van der Waals surface area contributed by atoms with Gasteiger partial charge in [0.15, 0.2) is 5.11 Å². The number of amides is 1. The maximum atomic E-state index is 12.9. The van der Waals surface area contributed by atoms with Crippen molar-refractivity contribution in [2.75, 3.05) is 25.2 Å². The van der Waals surface area contributed by atoms with Crippen molar-refractivity contribution in [2.45, 2.75) is 30.7 Å². The fourth-order valence-corrected chi connectivity index (χ4v) is 4.60. The lowest BCUT2D eigenvalue weighted by Gasteiger charge is -2.41. The van der Waals surface area contributed by atoms with Crippen LogP contribution in [0.4, 0.5) is 5.69 Å². The zero-order chi connectivity index (χ0) is 21.3. The number of aliphatic hydroxyl groups excluding tert-OH is 2. The molecule has 9 nitrogen and oxygen atoms in total. The molecule has 2 heterocycles. The summed E-state index contributed by atoms with van der Waals surface area (Å²) >= 11 is 5.54. The molecule has 2 aliphatic rings. The van der Waals surface area contributed by atoms with Crippen LogP contribution in [0.5, 0.6) is 0 Å². The topological polar surface area (TPSA) is 112 Å². The molecule has 1 saturated carbocycles. The number of anilines is 1. The van der Waals surface area contributed by atoms with E-state index in [9.17, 15) is 15.0 Å². The van der Waals surface area contributed by atoms with Gasteiger partial charge < -0.3 is 30.5 Å². The highest BCUT2D eigenvalue weighted by atomic mass is 32.1. The molecule has 4 N–H and O–H groups in total. The van der Waals surface area contributed by atoms with Crippen LogP contribution in [0.3, 0.4) is 0 Å². The number of nitrogens with zero attached hydrogens (tertiary/aromatic N) is 3. The number of ether oxygens (including phenoxy) is 1. The van der Waals surface area contributed by atoms with Crippen LogP contribution in [0.1, 0.15) is 6.42 Å². The number of carbonyl (C=O) groups is 1. The van der Waals surface area contributed by atoms with Crippen LogP contribution in [-0.2, 0) is 9.53 Å². The van der Waals surface area contributed by atoms with Crippen molar-refractivity contribution in [2.24, 2.45) is 5.92 Å². The fraction of sp³-hybridized carbons (Fsp3) is 0.450. The van der Waals surface area contributed by atoms with Gasteiger partial charge in [0.05, 0.1) is 36.4 Å². The van der Waals surface area contributed by atoms with E-state index in [-0.39, 0.29) is 12.3 Å². The molecule has 1 aromatic carbocycles. The molecule has 1 aliphatic carbocycles. The predicted octanol–water partition coefficient (Wildman–Crippen LogP) is -0.192. The van der Waals surface area contributed by atoms with Gasteiger partial charge in [-0.1, -0.05) is 0 Å². The number of rotatable bonds is 6. The number of thiocarbonyl (C=S) groups is 1. The summed E-state index contributed by atoms with van der Waals surface area (Å²) in [5, 5.41) is 31.5. The Bertz CT molecular complexity index is 891. The first-order valence-electron chi connectivity index (χ1n) is 9.84. The summed E-state index contributed by atoms with van der Waals surface area (Å²) in [5.74, 6) is -0.748. The van der Waals surface area contributed by atoms with Crippen molar-refractivity contribution >= 4 is 28.9 Å². The van der Waals surface area contributed by atoms with Gasteiger partial charge in [-0.15, -0.1) is 0 Å². The molecule has 10 heteroatoms. The molecule has 30 heavy (non-hydrogen) atoms. The maximum Gasteiger partial charge on any atom is 0.225 e. The van der Waals surface area contributed by atoms with E-state index in [1.807, 2.05) is 41.4 Å². The summed E-state index contributed by atoms with van der Waals surface area (Å²) < 4.78 is 6.75. The molecule has 4 rings (SSSR count). The van der Waals surface area contributed by atoms with Gasteiger partial charge in [-0.2, -0.15) is 5.10 Å². The first-order chi connectivity index (χ1) is 14.5. The standard InChI is InChI=1S/C20H25N5O4S/c1-29-10-8-21-19(28)14-11-15(26)18(27)16-17(14)25(20(30)23-16)13-5-3-12(4-6-13)24-9-2-7-22-24/h2-7,9,14-18,26-27H,8,10-11H2,1H3,(H,21,28)(H,23,30)/t14-,15-,16-,17-,18+/m1/s1. The smallest absolute Gasteiger partial charge is 0.225 e. The molecule has 0 radical (unpaired) electrons. The van der Waals surface area contributed by atoms with Crippen LogP contribution in [0.25, 0.3) is 5.69 Å². The van der Waals surface area contributed by atoms with Crippen LogP contribution >= 0.6 is 12.2 Å². The number of methoxy groups -OCH3 is 1. The highest BCUT2D eigenvalue weighted by Crippen LogP contribution is 2.36. The molecule has 2 aromatic rings. The van der Waals surface area contributed by atoms with E-state index in [2.05, 4.69) is 15.7 Å². The average molecular weight is 432 g/mol. The first-order valence-corrected chi connectivity index (χ1v) is 10.2. The SMILES string of the molecule is COCCNC(=O)[C@@H]1C[C@@H](O)[C@H](O)[C@@H]2NC(=S)N(c3ccc(-n4cccn4)cc3)[C@@H]21. The molecule has 5 atom stereocenters. The van der Waals surface area contributed by atoms with E-state index in [1.54, 1.807) is 18.0 Å². The lowest BCUT2D eigenvalue weighted by atomic mass is 9.77. The molecule has 1 saturated heterocycles. The number of hydrogen-bond acceptors (Lipinski definition) is 6. The second kappa shape index (κ2) is 8.68. The summed E-state index contributed by atoms with van der Waals surface area (Å²) in [6.07, 6.45) is 1.67. The first kappa shape index (κ1) is 20.7. The van der Waals surface area contributed by atoms with Gasteiger partial charge in [-0.05, 0) is 49.0 Å². The molecule has 160 valence electrons. The molecular weight excluding hydrogens is 406 g/mol. The third kappa shape index (κ3) is 3.79. The Labute approximate surface area is 179 Å². The van der Waals surface area contributed by atoms with E-state index in [4.69, 9.17) is 17.0 Å². The van der Waals surface area contributed by atoms with Crippen molar-refractivity contribution in [1.29, 1.82) is 0 Å². The van der Waals surface area contributed by atoms with Crippen molar-refractivity contribution in [3.05, 3.63) is 42.7 Å². The number of nitrogens with one attached hydrogen (secondary N) is 2. The van der Waals surface area contributed by atoms with E-state index in [0.29, 0.717) is 18.3 Å². The average Bonchev–Trinajstić information content (AvgIpc) is 3.39. The third-order valence-corrected chi connectivity index (χ3v) is 6.00. The molecular formula is C20H25N5O4S. The molecule has 0 spiro atoms. The minimum Gasteiger partial charge on any atom is -0.390 e. The predicted molar refractivity (Wildman–Crippen MR) is 114 cm³/mol. The summed E-state index contributed by atoms with van der Waals surface area (Å²) in [7, 11) is 1.57. The van der Waals surface area contributed by atoms with Crippen molar-refractivity contribution in [3.63, 3.8) is 0 Å². The number of carbonyl (C=O) groups excluding carboxylic acids is 1. The Morgan fingerprint density at radius 3 is 2.73 bits per heavy atom. The van der Waals surface area contributed by atoms with Gasteiger partial charge in [-0.3, -0.25) is 4.79 Å². The summed E-state index contributed by atoms with van der Waals surface area (Å²) in [6.45, 7) is 0.769. The molecule has 2 fully saturated rings. The lowest BCUT2D eigenvalue weighted by molar-refractivity contribution is -0.131.